The number of rotatable bonds is 3. The molecule has 118 valence electrons. The van der Waals surface area contributed by atoms with Crippen LogP contribution in [0, 0.1) is 0 Å². The molecule has 0 aromatic heterocycles. The Kier molecular flexibility index (Phi) is 3.59. The molecule has 2 aromatic carbocycles. The fourth-order valence-electron chi connectivity index (χ4n) is 2.39. The van der Waals surface area contributed by atoms with Gasteiger partial charge in [0.1, 0.15) is 0 Å². The first-order chi connectivity index (χ1) is 11.8. The molecule has 2 aromatic rings. The van der Waals surface area contributed by atoms with Gasteiger partial charge >= 0.3 is 5.97 Å². The average molecular weight is 319 g/mol. The minimum Gasteiger partial charge on any atom is -0.454 e. The highest BCUT2D eigenvalue weighted by Crippen LogP contribution is 2.33. The first-order valence-corrected chi connectivity index (χ1v) is 7.43. The normalized spacial score (nSPS) is 17.4. The fraction of sp³-hybridized carbons (Fsp3) is 0.0526. The zero-order valence-electron chi connectivity index (χ0n) is 12.6. The van der Waals surface area contributed by atoms with Crippen molar-refractivity contribution in [1.82, 2.24) is 0 Å². The van der Waals surface area contributed by atoms with E-state index in [9.17, 15) is 4.79 Å². The molecule has 0 fully saturated rings. The van der Waals surface area contributed by atoms with Crippen LogP contribution in [-0.2, 0) is 9.53 Å². The molecule has 0 radical (unpaired) electrons. The van der Waals surface area contributed by atoms with Crippen LogP contribution in [0.3, 0.4) is 0 Å². The van der Waals surface area contributed by atoms with Crippen molar-refractivity contribution >= 4 is 24.0 Å². The zero-order valence-corrected chi connectivity index (χ0v) is 12.6. The number of benzene rings is 2. The molecule has 0 bridgehead atoms. The second kappa shape index (κ2) is 6.04. The first-order valence-electron chi connectivity index (χ1n) is 7.43. The van der Waals surface area contributed by atoms with E-state index in [-0.39, 0.29) is 18.4 Å². The van der Waals surface area contributed by atoms with E-state index in [1.165, 1.54) is 0 Å². The van der Waals surface area contributed by atoms with Crippen LogP contribution in [0.15, 0.2) is 65.3 Å². The number of hydrogen-bond donors (Lipinski definition) is 0. The molecule has 2 heterocycles. The number of nitrogens with zero attached hydrogens (tertiary/aromatic N) is 1. The number of hydrogen-bond acceptors (Lipinski definition) is 5. The Morgan fingerprint density at radius 1 is 0.917 bits per heavy atom. The van der Waals surface area contributed by atoms with E-state index in [0.717, 1.165) is 11.1 Å². The van der Waals surface area contributed by atoms with E-state index in [1.807, 2.05) is 42.5 Å². The van der Waals surface area contributed by atoms with Crippen LogP contribution in [0.1, 0.15) is 11.1 Å². The minimum atomic E-state index is -0.472. The number of cyclic esters (lactones) is 1. The van der Waals surface area contributed by atoms with Crippen LogP contribution in [0.5, 0.6) is 11.5 Å². The molecule has 0 amide bonds. The molecular formula is C19H13NO4. The molecule has 0 N–H and O–H groups in total. The number of aliphatic imine (C=N–C) groups is 1. The average Bonchev–Trinajstić information content (AvgIpc) is 3.20. The van der Waals surface area contributed by atoms with E-state index in [1.54, 1.807) is 24.3 Å². The second-order valence-electron chi connectivity index (χ2n) is 5.23. The van der Waals surface area contributed by atoms with Crippen LogP contribution in [0.2, 0.25) is 0 Å². The van der Waals surface area contributed by atoms with Gasteiger partial charge in [-0.1, -0.05) is 36.4 Å². The predicted molar refractivity (Wildman–Crippen MR) is 89.5 cm³/mol. The van der Waals surface area contributed by atoms with Gasteiger partial charge in [0.15, 0.2) is 17.2 Å². The quantitative estimate of drug-likeness (QED) is 0.642. The van der Waals surface area contributed by atoms with E-state index in [4.69, 9.17) is 14.2 Å². The first kappa shape index (κ1) is 14.3. The maximum Gasteiger partial charge on any atom is 0.363 e. The third-order valence-electron chi connectivity index (χ3n) is 3.55. The van der Waals surface area contributed by atoms with Gasteiger partial charge in [-0.2, -0.15) is 0 Å². The van der Waals surface area contributed by atoms with Crippen molar-refractivity contribution in [2.45, 2.75) is 0 Å². The predicted octanol–water partition coefficient (Wildman–Crippen LogP) is 3.42. The van der Waals surface area contributed by atoms with Crippen LogP contribution in [-0.4, -0.2) is 18.7 Å². The van der Waals surface area contributed by atoms with Crippen LogP contribution < -0.4 is 9.47 Å². The van der Waals surface area contributed by atoms with Crippen LogP contribution in [0.4, 0.5) is 0 Å². The molecule has 4 rings (SSSR count). The van der Waals surface area contributed by atoms with Gasteiger partial charge < -0.3 is 14.2 Å². The summed E-state index contributed by atoms with van der Waals surface area (Å²) >= 11 is 0. The fourth-order valence-corrected chi connectivity index (χ4v) is 2.39. The van der Waals surface area contributed by atoms with Gasteiger partial charge in [-0.25, -0.2) is 9.79 Å². The SMILES string of the molecule is O=C1OC(/C=C/c2ccccc2)=NC/1=C\c1ccc2c(c1)OCO2. The summed E-state index contributed by atoms with van der Waals surface area (Å²) in [5.41, 5.74) is 2.05. The number of ether oxygens (including phenoxy) is 3. The molecule has 0 saturated carbocycles. The van der Waals surface area contributed by atoms with Crippen molar-refractivity contribution in [3.63, 3.8) is 0 Å². The highest BCUT2D eigenvalue weighted by atomic mass is 16.7. The van der Waals surface area contributed by atoms with E-state index in [2.05, 4.69) is 4.99 Å². The monoisotopic (exact) mass is 319 g/mol. The smallest absolute Gasteiger partial charge is 0.363 e. The lowest BCUT2D eigenvalue weighted by Gasteiger charge is -1.97. The molecule has 2 aliphatic heterocycles. The third-order valence-corrected chi connectivity index (χ3v) is 3.55. The summed E-state index contributed by atoms with van der Waals surface area (Å²) in [6.45, 7) is 0.212. The summed E-state index contributed by atoms with van der Waals surface area (Å²) in [4.78, 5) is 16.2. The summed E-state index contributed by atoms with van der Waals surface area (Å²) in [6.07, 6.45) is 5.18. The molecule has 0 aliphatic carbocycles. The van der Waals surface area contributed by atoms with Gasteiger partial charge in [0.25, 0.3) is 0 Å². The highest BCUT2D eigenvalue weighted by molar-refractivity contribution is 6.11. The van der Waals surface area contributed by atoms with Gasteiger partial charge in [-0.15, -0.1) is 0 Å². The van der Waals surface area contributed by atoms with Crippen LogP contribution in [0.25, 0.3) is 12.2 Å². The van der Waals surface area contributed by atoms with Crippen molar-refractivity contribution in [2.24, 2.45) is 4.99 Å². The Labute approximate surface area is 138 Å². The summed E-state index contributed by atoms with van der Waals surface area (Å²) in [7, 11) is 0. The molecule has 0 saturated heterocycles. The number of fused-ring (bicyclic) bond motifs is 1. The highest BCUT2D eigenvalue weighted by Gasteiger charge is 2.21. The number of carbonyl (C=O) groups is 1. The zero-order chi connectivity index (χ0) is 16.4. The molecule has 5 heteroatoms. The third kappa shape index (κ3) is 2.92. The Morgan fingerprint density at radius 2 is 1.75 bits per heavy atom. The van der Waals surface area contributed by atoms with Crippen molar-refractivity contribution in [3.8, 4) is 11.5 Å². The summed E-state index contributed by atoms with van der Waals surface area (Å²) < 4.78 is 15.7. The van der Waals surface area contributed by atoms with Gasteiger partial charge in [0, 0.05) is 6.08 Å². The van der Waals surface area contributed by atoms with Crippen molar-refractivity contribution in [3.05, 3.63) is 71.4 Å². The summed E-state index contributed by atoms with van der Waals surface area (Å²) in [5.74, 6) is 1.15. The molecular weight excluding hydrogens is 306 g/mol. The lowest BCUT2D eigenvalue weighted by molar-refractivity contribution is -0.129. The van der Waals surface area contributed by atoms with E-state index in [0.29, 0.717) is 11.5 Å². The van der Waals surface area contributed by atoms with Crippen molar-refractivity contribution in [2.75, 3.05) is 6.79 Å². The Bertz CT molecular complexity index is 881. The molecule has 0 spiro atoms. The second-order valence-corrected chi connectivity index (χ2v) is 5.23. The lowest BCUT2D eigenvalue weighted by Crippen LogP contribution is -2.01. The standard InChI is InChI=1S/C19H13NO4/c21-19-15(10-14-6-8-16-17(11-14)23-12-22-16)20-18(24-19)9-7-13-4-2-1-3-5-13/h1-11H,12H2/b9-7+,15-10-. The van der Waals surface area contributed by atoms with Crippen molar-refractivity contribution in [1.29, 1.82) is 0 Å². The number of esters is 1. The van der Waals surface area contributed by atoms with Gasteiger partial charge in [0.2, 0.25) is 12.7 Å². The minimum absolute atomic E-state index is 0.212. The summed E-state index contributed by atoms with van der Waals surface area (Å²) in [5, 5.41) is 0. The van der Waals surface area contributed by atoms with Gasteiger partial charge in [-0.3, -0.25) is 0 Å². The molecule has 24 heavy (non-hydrogen) atoms. The van der Waals surface area contributed by atoms with E-state index >= 15 is 0 Å². The molecule has 0 unspecified atom stereocenters. The maximum atomic E-state index is 11.9. The maximum absolute atomic E-state index is 11.9. The molecule has 5 nitrogen and oxygen atoms in total. The topological polar surface area (TPSA) is 57.1 Å². The Morgan fingerprint density at radius 3 is 2.62 bits per heavy atom. The van der Waals surface area contributed by atoms with Gasteiger partial charge in [-0.05, 0) is 35.4 Å². The summed E-state index contributed by atoms with van der Waals surface area (Å²) in [6, 6.07) is 15.2. The lowest BCUT2D eigenvalue weighted by atomic mass is 10.1. The number of carbonyl (C=O) groups excluding carboxylic acids is 1. The Hall–Kier alpha value is -3.34. The van der Waals surface area contributed by atoms with E-state index < -0.39 is 5.97 Å². The molecule has 0 atom stereocenters. The van der Waals surface area contributed by atoms with Crippen LogP contribution >= 0.6 is 0 Å². The van der Waals surface area contributed by atoms with Crippen molar-refractivity contribution < 1.29 is 19.0 Å². The van der Waals surface area contributed by atoms with Gasteiger partial charge in [0.05, 0.1) is 0 Å². The largest absolute Gasteiger partial charge is 0.454 e. The Balaban J connectivity index is 1.56. The molecule has 2 aliphatic rings.